The Morgan fingerprint density at radius 1 is 1.40 bits per heavy atom. The number of aliphatic imine (C=N–C) groups is 1. The van der Waals surface area contributed by atoms with Crippen LogP contribution in [0.4, 0.5) is 11.4 Å². The zero-order valence-corrected chi connectivity index (χ0v) is 11.4. The minimum absolute atomic E-state index is 0.397. The van der Waals surface area contributed by atoms with E-state index in [0.717, 1.165) is 49.1 Å². The first kappa shape index (κ1) is 11.8. The summed E-state index contributed by atoms with van der Waals surface area (Å²) in [6.45, 7) is 4.31. The van der Waals surface area contributed by atoms with Crippen molar-refractivity contribution in [3.05, 3.63) is 30.2 Å². The Morgan fingerprint density at radius 2 is 2.35 bits per heavy atom. The van der Waals surface area contributed by atoms with E-state index in [2.05, 4.69) is 27.3 Å². The van der Waals surface area contributed by atoms with Crippen molar-refractivity contribution in [3.63, 3.8) is 0 Å². The molecule has 1 N–H and O–H groups in total. The van der Waals surface area contributed by atoms with Crippen LogP contribution >= 0.6 is 0 Å². The molecule has 0 radical (unpaired) electrons. The van der Waals surface area contributed by atoms with Gasteiger partial charge in [-0.25, -0.2) is 0 Å². The lowest BCUT2D eigenvalue weighted by Gasteiger charge is -2.32. The molecule has 104 valence electrons. The zero-order valence-electron chi connectivity index (χ0n) is 11.4. The van der Waals surface area contributed by atoms with Crippen LogP contribution in [-0.4, -0.2) is 25.1 Å². The monoisotopic (exact) mass is 271 g/mol. The van der Waals surface area contributed by atoms with Gasteiger partial charge in [-0.15, -0.1) is 0 Å². The lowest BCUT2D eigenvalue weighted by Crippen LogP contribution is -2.33. The van der Waals surface area contributed by atoms with E-state index >= 15 is 0 Å². The summed E-state index contributed by atoms with van der Waals surface area (Å²) in [5, 5.41) is 3.30. The number of hydrogen-bond donors (Lipinski definition) is 1. The highest BCUT2D eigenvalue weighted by molar-refractivity contribution is 5.96. The van der Waals surface area contributed by atoms with Crippen molar-refractivity contribution >= 4 is 17.2 Å². The van der Waals surface area contributed by atoms with Gasteiger partial charge in [-0.2, -0.15) is 0 Å². The van der Waals surface area contributed by atoms with Crippen molar-refractivity contribution < 1.29 is 9.47 Å². The van der Waals surface area contributed by atoms with Crippen LogP contribution in [0, 0.1) is 0 Å². The molecule has 0 spiro atoms. The van der Waals surface area contributed by atoms with E-state index in [9.17, 15) is 0 Å². The van der Waals surface area contributed by atoms with Crippen molar-refractivity contribution in [3.8, 4) is 5.75 Å². The maximum Gasteiger partial charge on any atom is 0.152 e. The largest absolute Gasteiger partial charge is 0.461 e. The molecule has 0 amide bonds. The molecule has 3 aliphatic rings. The first-order valence-corrected chi connectivity index (χ1v) is 6.96. The fourth-order valence-electron chi connectivity index (χ4n) is 2.90. The van der Waals surface area contributed by atoms with Gasteiger partial charge in [0, 0.05) is 24.6 Å². The molecular weight excluding hydrogens is 254 g/mol. The molecule has 3 aliphatic heterocycles. The highest BCUT2D eigenvalue weighted by atomic mass is 16.5. The normalized spacial score (nSPS) is 23.6. The average molecular weight is 271 g/mol. The van der Waals surface area contributed by atoms with Gasteiger partial charge >= 0.3 is 0 Å². The number of nitrogens with one attached hydrogen (secondary N) is 1. The predicted molar refractivity (Wildman–Crippen MR) is 78.3 cm³/mol. The molecule has 0 aromatic heterocycles. The molecule has 0 saturated carbocycles. The fourth-order valence-corrected chi connectivity index (χ4v) is 2.90. The van der Waals surface area contributed by atoms with Crippen molar-refractivity contribution in [2.45, 2.75) is 25.9 Å². The second-order valence-electron chi connectivity index (χ2n) is 5.33. The van der Waals surface area contributed by atoms with Gasteiger partial charge in [0.1, 0.15) is 6.26 Å². The van der Waals surface area contributed by atoms with Crippen molar-refractivity contribution in [1.29, 1.82) is 0 Å². The van der Waals surface area contributed by atoms with Gasteiger partial charge in [-0.3, -0.25) is 4.99 Å². The number of rotatable bonds is 1. The Kier molecular flexibility index (Phi) is 2.67. The van der Waals surface area contributed by atoms with Gasteiger partial charge in [-0.1, -0.05) is 0 Å². The van der Waals surface area contributed by atoms with Crippen LogP contribution in [0.3, 0.4) is 0 Å². The number of anilines is 2. The highest BCUT2D eigenvalue weighted by Gasteiger charge is 2.27. The third-order valence-electron chi connectivity index (χ3n) is 3.98. The minimum Gasteiger partial charge on any atom is -0.461 e. The predicted octanol–water partition coefficient (Wildman–Crippen LogP) is 2.49. The Balaban J connectivity index is 1.73. The minimum atomic E-state index is 0.397. The van der Waals surface area contributed by atoms with Gasteiger partial charge < -0.3 is 19.7 Å². The third kappa shape index (κ3) is 1.86. The van der Waals surface area contributed by atoms with Gasteiger partial charge in [0.05, 0.1) is 30.7 Å². The smallest absolute Gasteiger partial charge is 0.152 e. The lowest BCUT2D eigenvalue weighted by atomic mass is 10.1. The molecule has 3 heterocycles. The van der Waals surface area contributed by atoms with E-state index < -0.39 is 0 Å². The summed E-state index contributed by atoms with van der Waals surface area (Å²) in [5.41, 5.74) is 3.41. The molecule has 1 aromatic carbocycles. The van der Waals surface area contributed by atoms with Crippen LogP contribution in [0.15, 0.2) is 29.6 Å². The Bertz CT molecular complexity index is 603. The lowest BCUT2D eigenvalue weighted by molar-refractivity contribution is 0.193. The standard InChI is InChI=1S/C15H17N3O2/c1-10-16-8-11-6-14-15(7-13(11)17-10)20-5-3-18(14)12-2-4-19-9-12/h3,5-7,12H,2,4,8-9H2,1H3,(H,16,17). The summed E-state index contributed by atoms with van der Waals surface area (Å²) in [6.07, 6.45) is 4.80. The first-order valence-electron chi connectivity index (χ1n) is 6.96. The summed E-state index contributed by atoms with van der Waals surface area (Å²) < 4.78 is 11.2. The zero-order chi connectivity index (χ0) is 13.5. The topological polar surface area (TPSA) is 46.1 Å². The van der Waals surface area contributed by atoms with Gasteiger partial charge in [-0.05, 0) is 25.0 Å². The van der Waals surface area contributed by atoms with Crippen LogP contribution in [0.5, 0.6) is 5.75 Å². The third-order valence-corrected chi connectivity index (χ3v) is 3.98. The van der Waals surface area contributed by atoms with Crippen molar-refractivity contribution in [1.82, 2.24) is 0 Å². The maximum atomic E-state index is 5.67. The first-order chi connectivity index (χ1) is 9.81. The summed E-state index contributed by atoms with van der Waals surface area (Å²) in [4.78, 5) is 6.71. The van der Waals surface area contributed by atoms with Crippen LogP contribution < -0.4 is 15.0 Å². The average Bonchev–Trinajstić information content (AvgIpc) is 2.98. The molecule has 1 atom stereocenters. The van der Waals surface area contributed by atoms with Gasteiger partial charge in [0.2, 0.25) is 0 Å². The molecule has 1 saturated heterocycles. The Hall–Kier alpha value is -2.01. The quantitative estimate of drug-likeness (QED) is 0.852. The van der Waals surface area contributed by atoms with Gasteiger partial charge in [0.15, 0.2) is 5.75 Å². The molecule has 4 rings (SSSR count). The van der Waals surface area contributed by atoms with Crippen molar-refractivity contribution in [2.75, 3.05) is 23.4 Å². The molecule has 5 nitrogen and oxygen atoms in total. The molecule has 1 aromatic rings. The van der Waals surface area contributed by atoms with E-state index in [1.165, 1.54) is 5.56 Å². The maximum absolute atomic E-state index is 5.67. The van der Waals surface area contributed by atoms with Crippen LogP contribution in [0.25, 0.3) is 0 Å². The number of nitrogens with zero attached hydrogens (tertiary/aromatic N) is 2. The van der Waals surface area contributed by atoms with E-state index in [1.807, 2.05) is 13.1 Å². The molecule has 20 heavy (non-hydrogen) atoms. The Morgan fingerprint density at radius 3 is 3.20 bits per heavy atom. The summed E-state index contributed by atoms with van der Waals surface area (Å²) >= 11 is 0. The van der Waals surface area contributed by atoms with Crippen LogP contribution in [0.1, 0.15) is 18.9 Å². The number of hydrogen-bond acceptors (Lipinski definition) is 5. The van der Waals surface area contributed by atoms with E-state index in [4.69, 9.17) is 9.47 Å². The fraction of sp³-hybridized carbons (Fsp3) is 0.400. The second kappa shape index (κ2) is 4.52. The number of benzene rings is 1. The second-order valence-corrected chi connectivity index (χ2v) is 5.33. The summed E-state index contributed by atoms with van der Waals surface area (Å²) in [5.74, 6) is 1.84. The summed E-state index contributed by atoms with van der Waals surface area (Å²) in [7, 11) is 0. The van der Waals surface area contributed by atoms with E-state index in [-0.39, 0.29) is 0 Å². The van der Waals surface area contributed by atoms with Gasteiger partial charge in [0.25, 0.3) is 0 Å². The van der Waals surface area contributed by atoms with Crippen LogP contribution in [0.2, 0.25) is 0 Å². The summed E-state index contributed by atoms with van der Waals surface area (Å²) in [6, 6.07) is 4.64. The molecule has 0 bridgehead atoms. The number of amidine groups is 1. The molecule has 5 heteroatoms. The number of fused-ring (bicyclic) bond motifs is 2. The highest BCUT2D eigenvalue weighted by Crippen LogP contribution is 2.40. The van der Waals surface area contributed by atoms with Crippen LogP contribution in [-0.2, 0) is 11.3 Å². The van der Waals surface area contributed by atoms with E-state index in [0.29, 0.717) is 6.04 Å². The van der Waals surface area contributed by atoms with E-state index in [1.54, 1.807) is 6.26 Å². The molecular formula is C15H17N3O2. The molecule has 1 unspecified atom stereocenters. The van der Waals surface area contributed by atoms with Crippen molar-refractivity contribution in [2.24, 2.45) is 4.99 Å². The molecule has 1 fully saturated rings. The molecule has 0 aliphatic carbocycles. The SMILES string of the molecule is CC1=NCc2cc3c(cc2N1)OC=CN3C1CCOC1. The Labute approximate surface area is 117 Å². The number of ether oxygens (including phenoxy) is 2.